The first-order valence-corrected chi connectivity index (χ1v) is 5.47. The van der Waals surface area contributed by atoms with Gasteiger partial charge < -0.3 is 9.67 Å². The molecule has 1 aromatic heterocycles. The molecule has 18 heavy (non-hydrogen) atoms. The number of Topliss-reactive ketones (excluding diaryl/α,β-unsaturated/α-hetero) is 1. The molecule has 0 unspecified atom stereocenters. The van der Waals surface area contributed by atoms with Crippen LogP contribution >= 0.6 is 0 Å². The number of benzene rings is 1. The Labute approximate surface area is 104 Å². The maximum atomic E-state index is 11.8. The molecule has 0 spiro atoms. The molecular formula is C13H13N3O2. The summed E-state index contributed by atoms with van der Waals surface area (Å²) in [6.45, 7) is -0.00949. The highest BCUT2D eigenvalue weighted by molar-refractivity contribution is 6.00. The molecule has 2 rings (SSSR count). The van der Waals surface area contributed by atoms with E-state index in [1.54, 1.807) is 35.2 Å². The van der Waals surface area contributed by atoms with Crippen LogP contribution in [0.25, 0.3) is 0 Å². The van der Waals surface area contributed by atoms with Crippen molar-refractivity contribution < 1.29 is 9.90 Å². The number of aliphatic imine (C=N–C) groups is 1. The molecule has 0 aliphatic rings. The summed E-state index contributed by atoms with van der Waals surface area (Å²) in [4.78, 5) is 19.9. The maximum Gasteiger partial charge on any atom is 0.187 e. The van der Waals surface area contributed by atoms with Crippen LogP contribution in [-0.4, -0.2) is 33.2 Å². The molecule has 0 bridgehead atoms. The first-order chi connectivity index (χ1) is 8.68. The minimum Gasteiger partial charge on any atom is -0.507 e. The average Bonchev–Trinajstić information content (AvgIpc) is 2.75. The standard InChI is InChI=1S/C13H13N3O2/c1-16-7-6-15-13(16)9-14-8-12(18)10-4-2-3-5-11(10)17/h2-7,9,17H,8H2,1H3. The number of hydrogen-bond acceptors (Lipinski definition) is 4. The van der Waals surface area contributed by atoms with Crippen LogP contribution in [0.3, 0.4) is 0 Å². The van der Waals surface area contributed by atoms with Gasteiger partial charge in [-0.3, -0.25) is 9.79 Å². The Morgan fingerprint density at radius 3 is 2.94 bits per heavy atom. The summed E-state index contributed by atoms with van der Waals surface area (Å²) in [5.74, 6) is 0.438. The van der Waals surface area contributed by atoms with Gasteiger partial charge in [-0.05, 0) is 12.1 Å². The molecule has 5 heteroatoms. The number of ketones is 1. The summed E-state index contributed by atoms with van der Waals surface area (Å²) in [6.07, 6.45) is 5.00. The summed E-state index contributed by atoms with van der Waals surface area (Å²) in [7, 11) is 1.85. The fourth-order valence-electron chi connectivity index (χ4n) is 1.51. The zero-order valence-corrected chi connectivity index (χ0v) is 9.95. The van der Waals surface area contributed by atoms with Gasteiger partial charge >= 0.3 is 0 Å². The van der Waals surface area contributed by atoms with Crippen molar-refractivity contribution in [3.63, 3.8) is 0 Å². The highest BCUT2D eigenvalue weighted by atomic mass is 16.3. The van der Waals surface area contributed by atoms with Crippen LogP contribution in [0, 0.1) is 0 Å². The lowest BCUT2D eigenvalue weighted by atomic mass is 10.1. The molecule has 0 fully saturated rings. The van der Waals surface area contributed by atoms with E-state index in [4.69, 9.17) is 0 Å². The Balaban J connectivity index is 2.03. The van der Waals surface area contributed by atoms with E-state index >= 15 is 0 Å². The largest absolute Gasteiger partial charge is 0.507 e. The second-order valence-electron chi connectivity index (χ2n) is 3.81. The van der Waals surface area contributed by atoms with E-state index in [9.17, 15) is 9.90 Å². The first kappa shape index (κ1) is 12.0. The van der Waals surface area contributed by atoms with Gasteiger partial charge in [0.05, 0.1) is 11.8 Å². The normalized spacial score (nSPS) is 10.9. The van der Waals surface area contributed by atoms with E-state index in [1.807, 2.05) is 7.05 Å². The number of aryl methyl sites for hydroxylation is 1. The van der Waals surface area contributed by atoms with Gasteiger partial charge in [-0.15, -0.1) is 0 Å². The fourth-order valence-corrected chi connectivity index (χ4v) is 1.51. The average molecular weight is 243 g/mol. The molecule has 0 saturated carbocycles. The van der Waals surface area contributed by atoms with Gasteiger partial charge in [0.25, 0.3) is 0 Å². The molecular weight excluding hydrogens is 230 g/mol. The van der Waals surface area contributed by atoms with E-state index in [0.717, 1.165) is 0 Å². The van der Waals surface area contributed by atoms with Gasteiger partial charge in [0, 0.05) is 19.4 Å². The van der Waals surface area contributed by atoms with Gasteiger partial charge in [-0.25, -0.2) is 4.98 Å². The fraction of sp³-hybridized carbons (Fsp3) is 0.154. The van der Waals surface area contributed by atoms with Gasteiger partial charge in [-0.1, -0.05) is 12.1 Å². The smallest absolute Gasteiger partial charge is 0.187 e. The predicted octanol–water partition coefficient (Wildman–Crippen LogP) is 1.43. The van der Waals surface area contributed by atoms with Crippen molar-refractivity contribution in [2.45, 2.75) is 0 Å². The zero-order chi connectivity index (χ0) is 13.0. The number of carbonyl (C=O) groups excluding carboxylic acids is 1. The van der Waals surface area contributed by atoms with Crippen molar-refractivity contribution in [3.05, 3.63) is 48.0 Å². The lowest BCUT2D eigenvalue weighted by Gasteiger charge is -2.00. The number of aromatic hydroxyl groups is 1. The molecule has 0 radical (unpaired) electrons. The summed E-state index contributed by atoms with van der Waals surface area (Å²) in [6, 6.07) is 6.43. The number of hydrogen-bond donors (Lipinski definition) is 1. The highest BCUT2D eigenvalue weighted by Crippen LogP contribution is 2.15. The summed E-state index contributed by atoms with van der Waals surface area (Å²) in [5, 5.41) is 9.52. The summed E-state index contributed by atoms with van der Waals surface area (Å²) in [5.41, 5.74) is 0.287. The zero-order valence-electron chi connectivity index (χ0n) is 9.95. The Morgan fingerprint density at radius 2 is 2.28 bits per heavy atom. The Bertz CT molecular complexity index is 587. The molecule has 5 nitrogen and oxygen atoms in total. The molecule has 0 saturated heterocycles. The van der Waals surface area contributed by atoms with E-state index < -0.39 is 0 Å². The van der Waals surface area contributed by atoms with E-state index in [2.05, 4.69) is 9.98 Å². The minimum absolute atomic E-state index is 0.00949. The van der Waals surface area contributed by atoms with Crippen molar-refractivity contribution in [2.24, 2.45) is 12.0 Å². The van der Waals surface area contributed by atoms with Crippen molar-refractivity contribution in [2.75, 3.05) is 6.54 Å². The van der Waals surface area contributed by atoms with Gasteiger partial charge in [-0.2, -0.15) is 0 Å². The minimum atomic E-state index is -0.224. The van der Waals surface area contributed by atoms with E-state index in [0.29, 0.717) is 5.82 Å². The van der Waals surface area contributed by atoms with Crippen molar-refractivity contribution in [1.29, 1.82) is 0 Å². The monoisotopic (exact) mass is 243 g/mol. The molecule has 2 aromatic rings. The highest BCUT2D eigenvalue weighted by Gasteiger charge is 2.08. The second-order valence-corrected chi connectivity index (χ2v) is 3.81. The van der Waals surface area contributed by atoms with E-state index in [-0.39, 0.29) is 23.6 Å². The SMILES string of the molecule is Cn1ccnc1C=NCC(=O)c1ccccc1O. The molecule has 1 heterocycles. The first-order valence-electron chi connectivity index (χ1n) is 5.47. The van der Waals surface area contributed by atoms with Crippen LogP contribution in [-0.2, 0) is 7.05 Å². The van der Waals surface area contributed by atoms with Crippen LogP contribution in [0.2, 0.25) is 0 Å². The number of aromatic nitrogens is 2. The van der Waals surface area contributed by atoms with Gasteiger partial charge in [0.15, 0.2) is 5.78 Å². The Morgan fingerprint density at radius 1 is 1.50 bits per heavy atom. The van der Waals surface area contributed by atoms with Crippen LogP contribution in [0.5, 0.6) is 5.75 Å². The van der Waals surface area contributed by atoms with Crippen LogP contribution in [0.1, 0.15) is 16.2 Å². The molecule has 92 valence electrons. The topological polar surface area (TPSA) is 67.5 Å². The predicted molar refractivity (Wildman–Crippen MR) is 68.1 cm³/mol. The number of phenols is 1. The third kappa shape index (κ3) is 2.63. The Hall–Kier alpha value is -2.43. The van der Waals surface area contributed by atoms with Crippen molar-refractivity contribution >= 4 is 12.0 Å². The van der Waals surface area contributed by atoms with Crippen molar-refractivity contribution in [3.8, 4) is 5.75 Å². The van der Waals surface area contributed by atoms with Crippen molar-refractivity contribution in [1.82, 2.24) is 9.55 Å². The lowest BCUT2D eigenvalue weighted by Crippen LogP contribution is -2.04. The summed E-state index contributed by atoms with van der Waals surface area (Å²) >= 11 is 0. The van der Waals surface area contributed by atoms with Crippen LogP contribution < -0.4 is 0 Å². The number of rotatable bonds is 4. The summed E-state index contributed by atoms with van der Waals surface area (Å²) < 4.78 is 1.80. The number of nitrogens with zero attached hydrogens (tertiary/aromatic N) is 3. The third-order valence-corrected chi connectivity index (χ3v) is 2.50. The maximum absolute atomic E-state index is 11.8. The van der Waals surface area contributed by atoms with Gasteiger partial charge in [0.1, 0.15) is 18.1 Å². The lowest BCUT2D eigenvalue weighted by molar-refractivity contribution is 0.0999. The quantitative estimate of drug-likeness (QED) is 0.652. The number of carbonyl (C=O) groups is 1. The third-order valence-electron chi connectivity index (χ3n) is 2.50. The second kappa shape index (κ2) is 5.27. The molecule has 0 amide bonds. The molecule has 0 aliphatic heterocycles. The number of para-hydroxylation sites is 1. The van der Waals surface area contributed by atoms with Crippen LogP contribution in [0.15, 0.2) is 41.7 Å². The molecule has 1 aromatic carbocycles. The van der Waals surface area contributed by atoms with E-state index in [1.165, 1.54) is 12.3 Å². The Kier molecular flexibility index (Phi) is 3.52. The molecule has 0 atom stereocenters. The van der Waals surface area contributed by atoms with Crippen LogP contribution in [0.4, 0.5) is 0 Å². The number of imidazole rings is 1. The number of phenolic OH excluding ortho intramolecular Hbond substituents is 1. The molecule has 1 N–H and O–H groups in total. The molecule has 0 aliphatic carbocycles. The van der Waals surface area contributed by atoms with Gasteiger partial charge in [0.2, 0.25) is 0 Å².